The molecule has 0 radical (unpaired) electrons. The number of imidazole rings is 1. The molecule has 0 spiro atoms. The number of hydrogen-bond acceptors (Lipinski definition) is 4. The van der Waals surface area contributed by atoms with Gasteiger partial charge in [-0.25, -0.2) is 4.98 Å². The lowest BCUT2D eigenvalue weighted by Crippen LogP contribution is -2.40. The highest BCUT2D eigenvalue weighted by atomic mass is 32.3. The Balaban J connectivity index is 1.73. The van der Waals surface area contributed by atoms with E-state index in [1.165, 1.54) is 12.1 Å². The molecular weight excluding hydrogens is 309 g/mol. The van der Waals surface area contributed by atoms with Crippen LogP contribution in [0, 0.1) is 0 Å². The van der Waals surface area contributed by atoms with Crippen LogP contribution >= 0.6 is 0 Å². The largest absolute Gasteiger partial charge is 0.349 e. The second kappa shape index (κ2) is 5.53. The molecule has 0 saturated carbocycles. The summed E-state index contributed by atoms with van der Waals surface area (Å²) in [5.41, 5.74) is 0.118. The van der Waals surface area contributed by atoms with Crippen LogP contribution in [-0.2, 0) is 23.2 Å². The van der Waals surface area contributed by atoms with E-state index in [2.05, 4.69) is 10.3 Å². The van der Waals surface area contributed by atoms with Gasteiger partial charge in [-0.05, 0) is 24.6 Å². The molecular formula is C14H14FN3O3S. The highest BCUT2D eigenvalue weighted by Gasteiger charge is 2.22. The lowest BCUT2D eigenvalue weighted by Gasteiger charge is -2.24. The van der Waals surface area contributed by atoms with Crippen LogP contribution in [-0.4, -0.2) is 29.9 Å². The summed E-state index contributed by atoms with van der Waals surface area (Å²) in [6.45, 7) is 0.763. The Bertz CT molecular complexity index is 816. The number of carbonyl (C=O) groups is 1. The van der Waals surface area contributed by atoms with E-state index < -0.39 is 21.0 Å². The summed E-state index contributed by atoms with van der Waals surface area (Å²) in [7, 11) is -4.82. The quantitative estimate of drug-likeness (QED) is 0.863. The number of carbonyl (C=O) groups excluding carboxylic acids is 1. The Morgan fingerprint density at radius 2 is 2.23 bits per heavy atom. The fourth-order valence-corrected chi connectivity index (χ4v) is 3.04. The number of fused-ring (bicyclic) bond motifs is 1. The van der Waals surface area contributed by atoms with Crippen LogP contribution < -0.4 is 5.32 Å². The van der Waals surface area contributed by atoms with E-state index in [-0.39, 0.29) is 11.6 Å². The average molecular weight is 323 g/mol. The van der Waals surface area contributed by atoms with Crippen molar-refractivity contribution in [3.63, 3.8) is 0 Å². The molecule has 22 heavy (non-hydrogen) atoms. The van der Waals surface area contributed by atoms with Gasteiger partial charge >= 0.3 is 10.2 Å². The van der Waals surface area contributed by atoms with Gasteiger partial charge in [0.2, 0.25) is 0 Å². The van der Waals surface area contributed by atoms with Crippen LogP contribution in [0.4, 0.5) is 3.89 Å². The van der Waals surface area contributed by atoms with Gasteiger partial charge in [-0.2, -0.15) is 8.42 Å². The van der Waals surface area contributed by atoms with Gasteiger partial charge in [0.05, 0.1) is 4.90 Å². The van der Waals surface area contributed by atoms with Crippen molar-refractivity contribution >= 4 is 16.1 Å². The number of halogens is 1. The van der Waals surface area contributed by atoms with Gasteiger partial charge in [-0.1, -0.05) is 6.07 Å². The molecule has 1 aromatic heterocycles. The molecule has 1 aromatic carbocycles. The van der Waals surface area contributed by atoms with Crippen LogP contribution in [0.3, 0.4) is 0 Å². The van der Waals surface area contributed by atoms with E-state index in [4.69, 9.17) is 0 Å². The van der Waals surface area contributed by atoms with Crippen LogP contribution in [0.2, 0.25) is 0 Å². The summed E-state index contributed by atoms with van der Waals surface area (Å²) in [4.78, 5) is 15.9. The molecule has 0 fully saturated rings. The van der Waals surface area contributed by atoms with Gasteiger partial charge in [-0.3, -0.25) is 4.79 Å². The van der Waals surface area contributed by atoms with Crippen molar-refractivity contribution in [2.75, 3.05) is 0 Å². The first-order valence-electron chi connectivity index (χ1n) is 6.79. The maximum Gasteiger partial charge on any atom is 0.332 e. The van der Waals surface area contributed by atoms with Crippen molar-refractivity contribution in [2.24, 2.45) is 0 Å². The molecule has 116 valence electrons. The van der Waals surface area contributed by atoms with Crippen LogP contribution in [0.25, 0.3) is 0 Å². The molecule has 1 N–H and O–H groups in total. The molecule has 2 heterocycles. The molecule has 6 nitrogen and oxygen atoms in total. The van der Waals surface area contributed by atoms with Crippen molar-refractivity contribution in [1.82, 2.24) is 14.9 Å². The normalized spacial score (nSPS) is 17.8. The van der Waals surface area contributed by atoms with Crippen molar-refractivity contribution in [2.45, 2.75) is 30.3 Å². The molecule has 1 aliphatic heterocycles. The lowest BCUT2D eigenvalue weighted by molar-refractivity contribution is 0.0930. The van der Waals surface area contributed by atoms with Crippen molar-refractivity contribution in [3.05, 3.63) is 48.0 Å². The van der Waals surface area contributed by atoms with E-state index in [0.717, 1.165) is 30.9 Å². The Kier molecular flexibility index (Phi) is 3.69. The molecule has 0 bridgehead atoms. The molecule has 2 aromatic rings. The number of aryl methyl sites for hydroxylation is 1. The van der Waals surface area contributed by atoms with Crippen LogP contribution in [0.1, 0.15) is 22.6 Å². The summed E-state index contributed by atoms with van der Waals surface area (Å²) in [6, 6.07) is 4.87. The van der Waals surface area contributed by atoms with Gasteiger partial charge < -0.3 is 9.88 Å². The van der Waals surface area contributed by atoms with E-state index in [9.17, 15) is 17.1 Å². The van der Waals surface area contributed by atoms with Crippen molar-refractivity contribution in [1.29, 1.82) is 0 Å². The SMILES string of the molecule is O=C(NC1CCn2ccnc2C1)c1cccc(S(=O)(=O)F)c1. The van der Waals surface area contributed by atoms with Gasteiger partial charge in [0.1, 0.15) is 5.82 Å². The van der Waals surface area contributed by atoms with Gasteiger partial charge in [0.25, 0.3) is 5.91 Å². The predicted molar refractivity (Wildman–Crippen MR) is 76.5 cm³/mol. The minimum absolute atomic E-state index is 0.0759. The summed E-state index contributed by atoms with van der Waals surface area (Å²) in [6.07, 6.45) is 4.98. The summed E-state index contributed by atoms with van der Waals surface area (Å²) >= 11 is 0. The minimum atomic E-state index is -4.82. The Hall–Kier alpha value is -2.22. The highest BCUT2D eigenvalue weighted by molar-refractivity contribution is 7.86. The maximum absolute atomic E-state index is 13.0. The summed E-state index contributed by atoms with van der Waals surface area (Å²) < 4.78 is 36.8. The lowest BCUT2D eigenvalue weighted by atomic mass is 10.1. The second-order valence-corrected chi connectivity index (χ2v) is 6.51. The standard InChI is InChI=1S/C14H14FN3O3S/c15-22(20,21)12-3-1-2-10(8-12)14(19)17-11-4-6-18-7-5-16-13(18)9-11/h1-3,5,7-8,11H,4,6,9H2,(H,17,19). The second-order valence-electron chi connectivity index (χ2n) is 5.17. The number of rotatable bonds is 3. The first kappa shape index (κ1) is 14.7. The highest BCUT2D eigenvalue weighted by Crippen LogP contribution is 2.16. The van der Waals surface area contributed by atoms with Gasteiger partial charge in [-0.15, -0.1) is 3.89 Å². The average Bonchev–Trinajstić information content (AvgIpc) is 2.94. The topological polar surface area (TPSA) is 81.1 Å². The zero-order valence-corrected chi connectivity index (χ0v) is 12.4. The van der Waals surface area contributed by atoms with Gasteiger partial charge in [0, 0.05) is 37.0 Å². The number of nitrogens with zero attached hydrogens (tertiary/aromatic N) is 2. The minimum Gasteiger partial charge on any atom is -0.349 e. The smallest absolute Gasteiger partial charge is 0.332 e. The fraction of sp³-hybridized carbons (Fsp3) is 0.286. The monoisotopic (exact) mass is 323 g/mol. The van der Waals surface area contributed by atoms with Crippen molar-refractivity contribution in [3.8, 4) is 0 Å². The van der Waals surface area contributed by atoms with E-state index in [0.29, 0.717) is 6.42 Å². The third-order valence-corrected chi connectivity index (χ3v) is 4.48. The fourth-order valence-electron chi connectivity index (χ4n) is 2.53. The Labute approximate surface area is 127 Å². The number of aromatic nitrogens is 2. The summed E-state index contributed by atoms with van der Waals surface area (Å²) in [5, 5.41) is 2.83. The van der Waals surface area contributed by atoms with E-state index in [1.807, 2.05) is 10.8 Å². The van der Waals surface area contributed by atoms with Crippen molar-refractivity contribution < 1.29 is 17.1 Å². The molecule has 1 atom stereocenters. The zero-order chi connectivity index (χ0) is 15.7. The number of hydrogen-bond donors (Lipinski definition) is 1. The number of nitrogens with one attached hydrogen (secondary N) is 1. The molecule has 1 aliphatic rings. The summed E-state index contributed by atoms with van der Waals surface area (Å²) in [5.74, 6) is 0.479. The first-order valence-corrected chi connectivity index (χ1v) is 8.17. The Morgan fingerprint density at radius 1 is 1.41 bits per heavy atom. The van der Waals surface area contributed by atoms with Crippen LogP contribution in [0.15, 0.2) is 41.6 Å². The number of amides is 1. The zero-order valence-electron chi connectivity index (χ0n) is 11.6. The van der Waals surface area contributed by atoms with E-state index in [1.54, 1.807) is 6.20 Å². The molecule has 0 aliphatic carbocycles. The predicted octanol–water partition coefficient (Wildman–Crippen LogP) is 1.29. The number of benzene rings is 1. The molecule has 3 rings (SSSR count). The van der Waals surface area contributed by atoms with Crippen LogP contribution in [0.5, 0.6) is 0 Å². The molecule has 1 amide bonds. The molecule has 1 unspecified atom stereocenters. The van der Waals surface area contributed by atoms with Gasteiger partial charge in [0.15, 0.2) is 0 Å². The third kappa shape index (κ3) is 3.01. The Morgan fingerprint density at radius 3 is 3.00 bits per heavy atom. The van der Waals surface area contributed by atoms with E-state index >= 15 is 0 Å². The first-order chi connectivity index (χ1) is 10.4. The maximum atomic E-state index is 13.0. The third-order valence-electron chi connectivity index (χ3n) is 3.66. The molecule has 0 saturated heterocycles. The molecule has 8 heteroatoms.